The summed E-state index contributed by atoms with van der Waals surface area (Å²) >= 11 is 8.22. The van der Waals surface area contributed by atoms with E-state index in [1.54, 1.807) is 0 Å². The number of alkyl halides is 3. The number of fused-ring (bicyclic) bond motifs is 3. The standard InChI is InChI=1S/C20H15ClF3N3OS2/c1-10-2-4-12-15(8-10)30-17-16(12)18(28)27(19(26-17)29-7-6-25)11-3-5-14(21)13(9-11)20(22,23)24/h3,5,9-10H,2,4,7-8H2,1H3/t10-/m0/s1. The quantitative estimate of drug-likeness (QED) is 0.356. The van der Waals surface area contributed by atoms with Gasteiger partial charge in [-0.05, 0) is 48.9 Å². The van der Waals surface area contributed by atoms with Crippen LogP contribution in [0.15, 0.2) is 28.2 Å². The van der Waals surface area contributed by atoms with Crippen LogP contribution >= 0.6 is 34.7 Å². The summed E-state index contributed by atoms with van der Waals surface area (Å²) in [6.45, 7) is 2.15. The third kappa shape index (κ3) is 3.72. The molecule has 0 amide bonds. The van der Waals surface area contributed by atoms with E-state index in [-0.39, 0.29) is 16.6 Å². The number of aryl methyl sites for hydroxylation is 1. The van der Waals surface area contributed by atoms with Gasteiger partial charge in [0.05, 0.1) is 33.5 Å². The summed E-state index contributed by atoms with van der Waals surface area (Å²) in [7, 11) is 0. The normalized spacial score (nSPS) is 16.5. The summed E-state index contributed by atoms with van der Waals surface area (Å²) in [6, 6.07) is 5.32. The minimum Gasteiger partial charge on any atom is -0.268 e. The molecule has 3 aromatic rings. The first kappa shape index (κ1) is 21.2. The van der Waals surface area contributed by atoms with Gasteiger partial charge >= 0.3 is 6.18 Å². The fourth-order valence-corrected chi connectivity index (χ4v) is 5.98. The Morgan fingerprint density at radius 2 is 2.20 bits per heavy atom. The zero-order chi connectivity index (χ0) is 21.6. The molecule has 156 valence electrons. The van der Waals surface area contributed by atoms with Crippen molar-refractivity contribution in [2.24, 2.45) is 5.92 Å². The molecule has 0 fully saturated rings. The van der Waals surface area contributed by atoms with Crippen LogP contribution in [0.2, 0.25) is 5.02 Å². The number of hydrogen-bond donors (Lipinski definition) is 0. The first-order chi connectivity index (χ1) is 14.2. The molecule has 1 aliphatic carbocycles. The third-order valence-electron chi connectivity index (χ3n) is 5.08. The molecule has 4 nitrogen and oxygen atoms in total. The van der Waals surface area contributed by atoms with Crippen molar-refractivity contribution >= 4 is 44.9 Å². The fraction of sp³-hybridized carbons (Fsp3) is 0.350. The van der Waals surface area contributed by atoms with Crippen molar-refractivity contribution in [2.45, 2.75) is 37.5 Å². The molecule has 1 aromatic carbocycles. The number of hydrogen-bond acceptors (Lipinski definition) is 5. The SMILES string of the molecule is C[C@H]1CCc2c(sc3nc(SCC#N)n(-c4ccc(Cl)c(C(F)(F)F)c4)c(=O)c23)C1. The molecule has 0 radical (unpaired) electrons. The van der Waals surface area contributed by atoms with Crippen molar-refractivity contribution in [1.82, 2.24) is 9.55 Å². The van der Waals surface area contributed by atoms with Crippen LogP contribution in [-0.4, -0.2) is 15.3 Å². The maximum absolute atomic E-state index is 13.5. The Hall–Kier alpha value is -2.02. The lowest BCUT2D eigenvalue weighted by atomic mass is 9.89. The summed E-state index contributed by atoms with van der Waals surface area (Å²) in [6.07, 6.45) is -2.11. The Labute approximate surface area is 183 Å². The summed E-state index contributed by atoms with van der Waals surface area (Å²) in [5.41, 5.74) is -0.467. The second-order valence-corrected chi connectivity index (χ2v) is 9.61. The highest BCUT2D eigenvalue weighted by Crippen LogP contribution is 2.38. The first-order valence-corrected chi connectivity index (χ1v) is 11.3. The predicted octanol–water partition coefficient (Wildman–Crippen LogP) is 5.86. The molecule has 4 rings (SSSR count). The molecule has 0 N–H and O–H groups in total. The highest BCUT2D eigenvalue weighted by atomic mass is 35.5. The number of nitrogens with zero attached hydrogens (tertiary/aromatic N) is 3. The van der Waals surface area contributed by atoms with Crippen LogP contribution < -0.4 is 5.56 Å². The monoisotopic (exact) mass is 469 g/mol. The molecule has 30 heavy (non-hydrogen) atoms. The summed E-state index contributed by atoms with van der Waals surface area (Å²) < 4.78 is 41.3. The number of benzene rings is 1. The van der Waals surface area contributed by atoms with Crippen LogP contribution in [-0.2, 0) is 19.0 Å². The number of halogens is 4. The Bertz CT molecular complexity index is 1240. The van der Waals surface area contributed by atoms with Gasteiger partial charge in [-0.1, -0.05) is 30.3 Å². The zero-order valence-corrected chi connectivity index (χ0v) is 18.1. The molecule has 2 aromatic heterocycles. The molecule has 0 aliphatic heterocycles. The van der Waals surface area contributed by atoms with Crippen molar-refractivity contribution in [1.29, 1.82) is 5.26 Å². The maximum Gasteiger partial charge on any atom is 0.417 e. The molecule has 2 heterocycles. The van der Waals surface area contributed by atoms with Crippen LogP contribution in [0, 0.1) is 17.2 Å². The highest BCUT2D eigenvalue weighted by molar-refractivity contribution is 7.99. The lowest BCUT2D eigenvalue weighted by Crippen LogP contribution is -2.23. The van der Waals surface area contributed by atoms with Crippen molar-refractivity contribution < 1.29 is 13.2 Å². The molecule has 0 unspecified atom stereocenters. The van der Waals surface area contributed by atoms with E-state index in [0.717, 1.165) is 53.6 Å². The molecule has 1 aliphatic rings. The van der Waals surface area contributed by atoms with E-state index < -0.39 is 22.3 Å². The second-order valence-electron chi connectivity index (χ2n) is 7.18. The van der Waals surface area contributed by atoms with E-state index in [4.69, 9.17) is 16.9 Å². The summed E-state index contributed by atoms with van der Waals surface area (Å²) in [5, 5.41) is 9.18. The van der Waals surface area contributed by atoms with Gasteiger partial charge in [0.1, 0.15) is 4.83 Å². The van der Waals surface area contributed by atoms with Crippen LogP contribution in [0.5, 0.6) is 0 Å². The van der Waals surface area contributed by atoms with E-state index in [0.29, 0.717) is 16.1 Å². The number of rotatable bonds is 3. The highest BCUT2D eigenvalue weighted by Gasteiger charge is 2.34. The number of thiophene rings is 1. The van der Waals surface area contributed by atoms with Gasteiger partial charge in [-0.15, -0.1) is 11.3 Å². The molecular weight excluding hydrogens is 455 g/mol. The van der Waals surface area contributed by atoms with Crippen LogP contribution in [0.1, 0.15) is 29.3 Å². The fourth-order valence-electron chi connectivity index (χ4n) is 3.66. The predicted molar refractivity (Wildman–Crippen MR) is 113 cm³/mol. The van der Waals surface area contributed by atoms with E-state index in [1.165, 1.54) is 22.0 Å². The molecule has 0 saturated carbocycles. The van der Waals surface area contributed by atoms with Crippen molar-refractivity contribution in [2.75, 3.05) is 5.75 Å². The Kier molecular flexibility index (Phi) is 5.60. The summed E-state index contributed by atoms with van der Waals surface area (Å²) in [5.74, 6) is 0.519. The lowest BCUT2D eigenvalue weighted by Gasteiger charge is -2.18. The van der Waals surface area contributed by atoms with Crippen LogP contribution in [0.3, 0.4) is 0 Å². The van der Waals surface area contributed by atoms with E-state index in [2.05, 4.69) is 11.9 Å². The molecule has 1 atom stereocenters. The van der Waals surface area contributed by atoms with Gasteiger partial charge in [-0.25, -0.2) is 4.98 Å². The van der Waals surface area contributed by atoms with E-state index >= 15 is 0 Å². The smallest absolute Gasteiger partial charge is 0.268 e. The molecule has 0 saturated heterocycles. The van der Waals surface area contributed by atoms with E-state index in [1.807, 2.05) is 6.07 Å². The van der Waals surface area contributed by atoms with Crippen LogP contribution in [0.25, 0.3) is 15.9 Å². The van der Waals surface area contributed by atoms with Crippen molar-refractivity contribution in [3.05, 3.63) is 49.6 Å². The Morgan fingerprint density at radius 1 is 1.43 bits per heavy atom. The molecule has 10 heteroatoms. The maximum atomic E-state index is 13.5. The van der Waals surface area contributed by atoms with Gasteiger partial charge in [0, 0.05) is 4.88 Å². The average Bonchev–Trinajstić information content (AvgIpc) is 3.03. The van der Waals surface area contributed by atoms with Gasteiger partial charge in [0.15, 0.2) is 5.16 Å². The lowest BCUT2D eigenvalue weighted by molar-refractivity contribution is -0.137. The second kappa shape index (κ2) is 7.91. The largest absolute Gasteiger partial charge is 0.417 e. The average molecular weight is 470 g/mol. The van der Waals surface area contributed by atoms with Gasteiger partial charge in [-0.2, -0.15) is 18.4 Å². The van der Waals surface area contributed by atoms with Gasteiger partial charge in [0.25, 0.3) is 5.56 Å². The zero-order valence-electron chi connectivity index (χ0n) is 15.7. The summed E-state index contributed by atoms with van der Waals surface area (Å²) in [4.78, 5) is 19.7. The number of aromatic nitrogens is 2. The van der Waals surface area contributed by atoms with E-state index in [9.17, 15) is 18.0 Å². The van der Waals surface area contributed by atoms with Gasteiger partial charge < -0.3 is 0 Å². The first-order valence-electron chi connectivity index (χ1n) is 9.15. The Balaban J connectivity index is 2.00. The molecular formula is C20H15ClF3N3OS2. The Morgan fingerprint density at radius 3 is 2.90 bits per heavy atom. The van der Waals surface area contributed by atoms with Gasteiger partial charge in [0.2, 0.25) is 0 Å². The molecule has 0 spiro atoms. The third-order valence-corrected chi connectivity index (χ3v) is 7.36. The van der Waals surface area contributed by atoms with Crippen molar-refractivity contribution in [3.63, 3.8) is 0 Å². The van der Waals surface area contributed by atoms with Crippen LogP contribution in [0.4, 0.5) is 13.2 Å². The number of nitriles is 1. The van der Waals surface area contributed by atoms with Gasteiger partial charge in [-0.3, -0.25) is 9.36 Å². The minimum atomic E-state index is -4.66. The topological polar surface area (TPSA) is 58.7 Å². The minimum absolute atomic E-state index is 0.0137. The van der Waals surface area contributed by atoms with Crippen molar-refractivity contribution in [3.8, 4) is 11.8 Å². The molecule has 0 bridgehead atoms. The number of thioether (sulfide) groups is 1.